The van der Waals surface area contributed by atoms with Gasteiger partial charge in [-0.2, -0.15) is 13.2 Å². The van der Waals surface area contributed by atoms with Gasteiger partial charge in [0.2, 0.25) is 5.76 Å². The molecule has 1 aromatic rings. The van der Waals surface area contributed by atoms with Gasteiger partial charge in [0.1, 0.15) is 12.4 Å². The molecule has 0 amide bonds. The topological polar surface area (TPSA) is 59.4 Å². The van der Waals surface area contributed by atoms with Crippen LogP contribution in [-0.2, 0) is 19.3 Å². The van der Waals surface area contributed by atoms with E-state index in [-0.39, 0.29) is 17.9 Å². The summed E-state index contributed by atoms with van der Waals surface area (Å²) in [5.41, 5.74) is 4.93. The van der Waals surface area contributed by atoms with Crippen LogP contribution in [-0.4, -0.2) is 5.11 Å². The second-order valence-electron chi connectivity index (χ2n) is 2.43. The van der Waals surface area contributed by atoms with E-state index < -0.39 is 18.5 Å². The number of halogens is 3. The Labute approximate surface area is 72.0 Å². The molecule has 0 aliphatic heterocycles. The molecule has 0 aliphatic carbocycles. The first-order valence-electron chi connectivity index (χ1n) is 3.48. The molecule has 1 rings (SSSR count). The summed E-state index contributed by atoms with van der Waals surface area (Å²) >= 11 is 0. The molecule has 74 valence electrons. The van der Waals surface area contributed by atoms with Crippen molar-refractivity contribution in [3.8, 4) is 0 Å². The Hall–Kier alpha value is -1.01. The Morgan fingerprint density at radius 3 is 2.38 bits per heavy atom. The molecule has 0 unspecified atom stereocenters. The molecule has 3 nitrogen and oxygen atoms in total. The highest BCUT2D eigenvalue weighted by Gasteiger charge is 2.37. The normalized spacial score (nSPS) is 12.1. The molecule has 1 aromatic heterocycles. The highest BCUT2D eigenvalue weighted by molar-refractivity contribution is 5.23. The molecule has 0 atom stereocenters. The number of alkyl halides is 3. The lowest BCUT2D eigenvalue weighted by atomic mass is 10.2. The van der Waals surface area contributed by atoms with Crippen molar-refractivity contribution in [2.45, 2.75) is 19.3 Å². The molecule has 0 fully saturated rings. The number of aliphatic hydroxyl groups excluding tert-OH is 1. The molecular weight excluding hydrogens is 187 g/mol. The number of nitrogens with two attached hydrogens (primary N) is 1. The van der Waals surface area contributed by atoms with E-state index in [0.29, 0.717) is 0 Å². The van der Waals surface area contributed by atoms with Gasteiger partial charge in [-0.15, -0.1) is 0 Å². The van der Waals surface area contributed by atoms with Crippen molar-refractivity contribution in [2.24, 2.45) is 5.73 Å². The zero-order valence-corrected chi connectivity index (χ0v) is 6.56. The molecule has 0 radical (unpaired) electrons. The Balaban J connectivity index is 3.11. The van der Waals surface area contributed by atoms with E-state index >= 15 is 0 Å². The number of hydrogen-bond donors (Lipinski definition) is 2. The summed E-state index contributed by atoms with van der Waals surface area (Å²) < 4.78 is 40.8. The standard InChI is InChI=1S/C7H8F3NO2/c8-7(9,10)6-4(2-11)1-5(3-12)13-6/h1,12H,2-3,11H2. The van der Waals surface area contributed by atoms with Crippen molar-refractivity contribution in [1.29, 1.82) is 0 Å². The van der Waals surface area contributed by atoms with E-state index in [1.54, 1.807) is 0 Å². The first-order chi connectivity index (χ1) is 5.99. The van der Waals surface area contributed by atoms with E-state index in [0.717, 1.165) is 6.07 Å². The first-order valence-corrected chi connectivity index (χ1v) is 3.48. The summed E-state index contributed by atoms with van der Waals surface area (Å²) in [7, 11) is 0. The van der Waals surface area contributed by atoms with Gasteiger partial charge >= 0.3 is 6.18 Å². The Kier molecular flexibility index (Phi) is 2.63. The lowest BCUT2D eigenvalue weighted by Gasteiger charge is -2.03. The monoisotopic (exact) mass is 195 g/mol. The van der Waals surface area contributed by atoms with Crippen LogP contribution in [0, 0.1) is 0 Å². The quantitative estimate of drug-likeness (QED) is 0.746. The van der Waals surface area contributed by atoms with Crippen LogP contribution in [0.3, 0.4) is 0 Å². The average Bonchev–Trinajstić information content (AvgIpc) is 2.46. The molecule has 0 aliphatic rings. The summed E-state index contributed by atoms with van der Waals surface area (Å²) in [4.78, 5) is 0. The first kappa shape index (κ1) is 10.1. The van der Waals surface area contributed by atoms with Crippen LogP contribution in [0.5, 0.6) is 0 Å². The van der Waals surface area contributed by atoms with Crippen LogP contribution in [0.4, 0.5) is 13.2 Å². The van der Waals surface area contributed by atoms with Gasteiger partial charge in [-0.05, 0) is 6.07 Å². The van der Waals surface area contributed by atoms with E-state index in [1.165, 1.54) is 0 Å². The summed E-state index contributed by atoms with van der Waals surface area (Å²) in [6.45, 7) is -0.832. The second kappa shape index (κ2) is 3.39. The van der Waals surface area contributed by atoms with Crippen molar-refractivity contribution in [3.05, 3.63) is 23.2 Å². The van der Waals surface area contributed by atoms with Crippen LogP contribution in [0.2, 0.25) is 0 Å². The van der Waals surface area contributed by atoms with Crippen LogP contribution in [0.1, 0.15) is 17.1 Å². The fourth-order valence-electron chi connectivity index (χ4n) is 0.955. The van der Waals surface area contributed by atoms with Crippen LogP contribution >= 0.6 is 0 Å². The SMILES string of the molecule is NCc1cc(CO)oc1C(F)(F)F. The Morgan fingerprint density at radius 2 is 2.08 bits per heavy atom. The summed E-state index contributed by atoms with van der Waals surface area (Å²) in [5, 5.41) is 8.53. The summed E-state index contributed by atoms with van der Waals surface area (Å²) in [5.74, 6) is -1.26. The molecule has 3 N–H and O–H groups in total. The zero-order valence-electron chi connectivity index (χ0n) is 6.56. The number of hydrogen-bond acceptors (Lipinski definition) is 3. The van der Waals surface area contributed by atoms with E-state index in [4.69, 9.17) is 10.8 Å². The third kappa shape index (κ3) is 2.02. The zero-order chi connectivity index (χ0) is 10.1. The molecule has 0 saturated carbocycles. The summed E-state index contributed by atoms with van der Waals surface area (Å²) in [6.07, 6.45) is -4.55. The number of rotatable bonds is 2. The van der Waals surface area contributed by atoms with E-state index in [9.17, 15) is 13.2 Å². The van der Waals surface area contributed by atoms with Crippen molar-refractivity contribution in [1.82, 2.24) is 0 Å². The minimum absolute atomic E-state index is 0.132. The van der Waals surface area contributed by atoms with Gasteiger partial charge in [0.25, 0.3) is 0 Å². The lowest BCUT2D eigenvalue weighted by Crippen LogP contribution is -2.08. The molecule has 6 heteroatoms. The van der Waals surface area contributed by atoms with Gasteiger partial charge in [0, 0.05) is 12.1 Å². The lowest BCUT2D eigenvalue weighted by molar-refractivity contribution is -0.154. The highest BCUT2D eigenvalue weighted by Crippen LogP contribution is 2.33. The van der Waals surface area contributed by atoms with Crippen molar-refractivity contribution >= 4 is 0 Å². The van der Waals surface area contributed by atoms with Crippen LogP contribution in [0.15, 0.2) is 10.5 Å². The molecule has 13 heavy (non-hydrogen) atoms. The number of aliphatic hydroxyl groups is 1. The molecule has 0 bridgehead atoms. The smallest absolute Gasteiger partial charge is 0.449 e. The molecule has 0 spiro atoms. The maximum atomic E-state index is 12.2. The van der Waals surface area contributed by atoms with Crippen LogP contribution < -0.4 is 5.73 Å². The van der Waals surface area contributed by atoms with Gasteiger partial charge in [0.05, 0.1) is 0 Å². The van der Waals surface area contributed by atoms with E-state index in [1.807, 2.05) is 0 Å². The van der Waals surface area contributed by atoms with Crippen LogP contribution in [0.25, 0.3) is 0 Å². The minimum atomic E-state index is -4.55. The van der Waals surface area contributed by atoms with Crippen molar-refractivity contribution < 1.29 is 22.7 Å². The van der Waals surface area contributed by atoms with Gasteiger partial charge in [0.15, 0.2) is 0 Å². The van der Waals surface area contributed by atoms with Gasteiger partial charge in [-0.1, -0.05) is 0 Å². The third-order valence-corrected chi connectivity index (χ3v) is 1.49. The highest BCUT2D eigenvalue weighted by atomic mass is 19.4. The largest absolute Gasteiger partial charge is 0.454 e. The van der Waals surface area contributed by atoms with Gasteiger partial charge in [-0.3, -0.25) is 0 Å². The molecule has 0 saturated heterocycles. The van der Waals surface area contributed by atoms with Crippen molar-refractivity contribution in [2.75, 3.05) is 0 Å². The third-order valence-electron chi connectivity index (χ3n) is 1.49. The maximum Gasteiger partial charge on any atom is 0.449 e. The number of furan rings is 1. The average molecular weight is 195 g/mol. The Bertz CT molecular complexity index is 292. The summed E-state index contributed by atoms with van der Waals surface area (Å²) in [6, 6.07) is 1.10. The Morgan fingerprint density at radius 1 is 1.46 bits per heavy atom. The molecule has 1 heterocycles. The minimum Gasteiger partial charge on any atom is -0.454 e. The predicted octanol–water partition coefficient (Wildman–Crippen LogP) is 1.25. The molecule has 0 aromatic carbocycles. The molecular formula is C7H8F3NO2. The van der Waals surface area contributed by atoms with Gasteiger partial charge in [-0.25, -0.2) is 0 Å². The fourth-order valence-corrected chi connectivity index (χ4v) is 0.955. The van der Waals surface area contributed by atoms with Gasteiger partial charge < -0.3 is 15.3 Å². The van der Waals surface area contributed by atoms with Crippen molar-refractivity contribution in [3.63, 3.8) is 0 Å². The predicted molar refractivity (Wildman–Crippen MR) is 37.5 cm³/mol. The fraction of sp³-hybridized carbons (Fsp3) is 0.429. The van der Waals surface area contributed by atoms with E-state index in [2.05, 4.69) is 4.42 Å². The maximum absolute atomic E-state index is 12.2. The second-order valence-corrected chi connectivity index (χ2v) is 2.43.